The van der Waals surface area contributed by atoms with Gasteiger partial charge in [-0.3, -0.25) is 14.4 Å². The summed E-state index contributed by atoms with van der Waals surface area (Å²) in [4.78, 5) is 40.1. The predicted molar refractivity (Wildman–Crippen MR) is 171 cm³/mol. The van der Waals surface area contributed by atoms with E-state index in [1.165, 1.54) is 46.3 Å². The Kier molecular flexibility index (Phi) is 11.0. The van der Waals surface area contributed by atoms with E-state index in [9.17, 15) is 14.4 Å². The van der Waals surface area contributed by atoms with E-state index in [-0.39, 0.29) is 17.2 Å². The standard InChI is InChI=1S/C34H32N2O7S/c1-40-29-13-9-8-12-26(29)28(37)21-44-25-16-14-24(15-17-25)35-34(39)27(36-33(38)22-10-6-5-7-11-22)18-23-19-31(42-3)32(43-4)20-30(23)41-2/h5-20H,21H2,1-4H3,(H,35,39)(H,36,38)/b27-18-. The number of Topliss-reactive ketones (excluding diaryl/α,β-unsaturated/α-hetero) is 1. The van der Waals surface area contributed by atoms with Gasteiger partial charge >= 0.3 is 0 Å². The number of amides is 2. The maximum atomic E-state index is 13.5. The second-order valence-corrected chi connectivity index (χ2v) is 10.3. The summed E-state index contributed by atoms with van der Waals surface area (Å²) in [5, 5.41) is 5.55. The predicted octanol–water partition coefficient (Wildman–Crippen LogP) is 6.11. The smallest absolute Gasteiger partial charge is 0.272 e. The molecule has 4 aromatic carbocycles. The van der Waals surface area contributed by atoms with Crippen molar-refractivity contribution < 1.29 is 33.3 Å². The largest absolute Gasteiger partial charge is 0.496 e. The molecule has 0 unspecified atom stereocenters. The lowest BCUT2D eigenvalue weighted by molar-refractivity contribution is -0.113. The lowest BCUT2D eigenvalue weighted by Gasteiger charge is -2.15. The molecular formula is C34H32N2O7S. The van der Waals surface area contributed by atoms with Gasteiger partial charge in [0.25, 0.3) is 11.8 Å². The van der Waals surface area contributed by atoms with Crippen molar-refractivity contribution in [3.63, 3.8) is 0 Å². The van der Waals surface area contributed by atoms with Gasteiger partial charge in [-0.1, -0.05) is 30.3 Å². The molecule has 0 heterocycles. The van der Waals surface area contributed by atoms with Gasteiger partial charge in [0, 0.05) is 27.8 Å². The molecule has 0 atom stereocenters. The number of methoxy groups -OCH3 is 4. The molecule has 0 radical (unpaired) electrons. The number of carbonyl (C=O) groups is 3. The third-order valence-electron chi connectivity index (χ3n) is 6.45. The Labute approximate surface area is 260 Å². The van der Waals surface area contributed by atoms with Gasteiger partial charge in [-0.05, 0) is 60.7 Å². The van der Waals surface area contributed by atoms with Gasteiger partial charge in [0.15, 0.2) is 17.3 Å². The molecule has 2 N–H and O–H groups in total. The first-order valence-corrected chi connectivity index (χ1v) is 14.4. The molecule has 0 saturated carbocycles. The van der Waals surface area contributed by atoms with Crippen LogP contribution in [0, 0.1) is 0 Å². The van der Waals surface area contributed by atoms with Crippen molar-refractivity contribution in [2.75, 3.05) is 39.5 Å². The van der Waals surface area contributed by atoms with E-state index in [4.69, 9.17) is 18.9 Å². The minimum atomic E-state index is -0.558. The van der Waals surface area contributed by atoms with Crippen LogP contribution in [0.3, 0.4) is 0 Å². The summed E-state index contributed by atoms with van der Waals surface area (Å²) in [6.45, 7) is 0. The van der Waals surface area contributed by atoms with Crippen LogP contribution in [0.15, 0.2) is 102 Å². The average Bonchev–Trinajstić information content (AvgIpc) is 3.07. The maximum Gasteiger partial charge on any atom is 0.272 e. The SMILES string of the molecule is COc1cc(OC)c(OC)cc1/C=C(\NC(=O)c1ccccc1)C(=O)Nc1ccc(SCC(=O)c2ccccc2OC)cc1. The molecule has 226 valence electrons. The van der Waals surface area contributed by atoms with E-state index in [2.05, 4.69) is 10.6 Å². The van der Waals surface area contributed by atoms with Gasteiger partial charge < -0.3 is 29.6 Å². The molecule has 0 aliphatic heterocycles. The summed E-state index contributed by atoms with van der Waals surface area (Å²) in [6.07, 6.45) is 1.50. The lowest BCUT2D eigenvalue weighted by atomic mass is 10.1. The number of hydrogen-bond acceptors (Lipinski definition) is 8. The number of nitrogens with one attached hydrogen (secondary N) is 2. The van der Waals surface area contributed by atoms with Gasteiger partial charge in [0.1, 0.15) is 17.2 Å². The third kappa shape index (κ3) is 7.99. The van der Waals surface area contributed by atoms with Crippen LogP contribution in [-0.2, 0) is 4.79 Å². The van der Waals surface area contributed by atoms with E-state index >= 15 is 0 Å². The number of rotatable bonds is 13. The molecule has 0 aliphatic carbocycles. The molecule has 9 nitrogen and oxygen atoms in total. The summed E-state index contributed by atoms with van der Waals surface area (Å²) in [6, 6.07) is 26.0. The summed E-state index contributed by atoms with van der Waals surface area (Å²) in [5.41, 5.74) is 1.86. The normalized spacial score (nSPS) is 10.9. The van der Waals surface area contributed by atoms with Crippen LogP contribution in [0.5, 0.6) is 23.0 Å². The Bertz CT molecular complexity index is 1650. The molecule has 0 saturated heterocycles. The Morgan fingerprint density at radius 3 is 1.98 bits per heavy atom. The molecule has 4 aromatic rings. The minimum absolute atomic E-state index is 0.0229. The first-order chi connectivity index (χ1) is 21.4. The molecule has 10 heteroatoms. The zero-order chi connectivity index (χ0) is 31.5. The monoisotopic (exact) mass is 612 g/mol. The number of thioether (sulfide) groups is 1. The highest BCUT2D eigenvalue weighted by Gasteiger charge is 2.18. The first kappa shape index (κ1) is 31.7. The van der Waals surface area contributed by atoms with Crippen LogP contribution in [0.1, 0.15) is 26.3 Å². The highest BCUT2D eigenvalue weighted by molar-refractivity contribution is 8.00. The fourth-order valence-electron chi connectivity index (χ4n) is 4.20. The van der Waals surface area contributed by atoms with Crippen LogP contribution >= 0.6 is 11.8 Å². The Morgan fingerprint density at radius 1 is 0.705 bits per heavy atom. The van der Waals surface area contributed by atoms with Crippen molar-refractivity contribution in [2.45, 2.75) is 4.90 Å². The van der Waals surface area contributed by atoms with Crippen molar-refractivity contribution in [3.05, 3.63) is 113 Å². The van der Waals surface area contributed by atoms with Gasteiger partial charge in [-0.15, -0.1) is 11.8 Å². The van der Waals surface area contributed by atoms with Crippen molar-refractivity contribution in [1.82, 2.24) is 5.32 Å². The van der Waals surface area contributed by atoms with Crippen LogP contribution in [0.25, 0.3) is 6.08 Å². The molecule has 0 spiro atoms. The number of para-hydroxylation sites is 1. The minimum Gasteiger partial charge on any atom is -0.496 e. The van der Waals surface area contributed by atoms with Crippen LogP contribution < -0.4 is 29.6 Å². The quantitative estimate of drug-likeness (QED) is 0.106. The topological polar surface area (TPSA) is 112 Å². The molecule has 4 rings (SSSR count). The Hall–Kier alpha value is -5.22. The fourth-order valence-corrected chi connectivity index (χ4v) is 4.98. The molecule has 2 amide bonds. The molecule has 0 bridgehead atoms. The van der Waals surface area contributed by atoms with Crippen molar-refractivity contribution >= 4 is 41.1 Å². The summed E-state index contributed by atoms with van der Waals surface area (Å²) in [7, 11) is 6.03. The van der Waals surface area contributed by atoms with E-state index in [1.54, 1.807) is 84.9 Å². The summed E-state index contributed by atoms with van der Waals surface area (Å²) >= 11 is 1.37. The zero-order valence-corrected chi connectivity index (χ0v) is 25.5. The van der Waals surface area contributed by atoms with Crippen LogP contribution in [-0.4, -0.2) is 51.8 Å². The van der Waals surface area contributed by atoms with E-state index in [0.29, 0.717) is 45.4 Å². The summed E-state index contributed by atoms with van der Waals surface area (Å²) in [5.74, 6) is 0.956. The Balaban J connectivity index is 1.54. The first-order valence-electron chi connectivity index (χ1n) is 13.4. The van der Waals surface area contributed by atoms with Crippen molar-refractivity contribution in [3.8, 4) is 23.0 Å². The molecular weight excluding hydrogens is 580 g/mol. The number of anilines is 1. The van der Waals surface area contributed by atoms with Gasteiger partial charge in [-0.2, -0.15) is 0 Å². The zero-order valence-electron chi connectivity index (χ0n) is 24.7. The molecule has 0 aromatic heterocycles. The molecule has 44 heavy (non-hydrogen) atoms. The number of hydrogen-bond donors (Lipinski definition) is 2. The van der Waals surface area contributed by atoms with E-state index in [0.717, 1.165) is 4.90 Å². The van der Waals surface area contributed by atoms with Gasteiger partial charge in [-0.25, -0.2) is 0 Å². The highest BCUT2D eigenvalue weighted by atomic mass is 32.2. The second-order valence-electron chi connectivity index (χ2n) is 9.22. The van der Waals surface area contributed by atoms with Gasteiger partial charge in [0.05, 0.1) is 39.8 Å². The van der Waals surface area contributed by atoms with Crippen molar-refractivity contribution in [2.24, 2.45) is 0 Å². The third-order valence-corrected chi connectivity index (χ3v) is 7.47. The van der Waals surface area contributed by atoms with Crippen molar-refractivity contribution in [1.29, 1.82) is 0 Å². The lowest BCUT2D eigenvalue weighted by Crippen LogP contribution is -2.30. The van der Waals surface area contributed by atoms with Crippen LogP contribution in [0.2, 0.25) is 0 Å². The molecule has 0 fully saturated rings. The number of ether oxygens (including phenoxy) is 4. The van der Waals surface area contributed by atoms with E-state index in [1.807, 2.05) is 6.07 Å². The molecule has 0 aliphatic rings. The van der Waals surface area contributed by atoms with E-state index < -0.39 is 11.8 Å². The number of ketones is 1. The van der Waals surface area contributed by atoms with Crippen LogP contribution in [0.4, 0.5) is 5.69 Å². The number of benzene rings is 4. The van der Waals surface area contributed by atoms with Gasteiger partial charge in [0.2, 0.25) is 0 Å². The summed E-state index contributed by atoms with van der Waals surface area (Å²) < 4.78 is 21.6. The Morgan fingerprint density at radius 2 is 1.32 bits per heavy atom. The highest BCUT2D eigenvalue weighted by Crippen LogP contribution is 2.35. The second kappa shape index (κ2) is 15.3. The fraction of sp³-hybridized carbons (Fsp3) is 0.147. The maximum absolute atomic E-state index is 13.5. The average molecular weight is 613 g/mol. The number of carbonyl (C=O) groups excluding carboxylic acids is 3.